The number of carbonyl (C=O) groups is 1. The molecular weight excluding hydrogens is 207 g/mol. The van der Waals surface area contributed by atoms with E-state index in [1.54, 1.807) is 0 Å². The highest BCUT2D eigenvalue weighted by Gasteiger charge is 2.20. The van der Waals surface area contributed by atoms with Crippen LogP contribution in [0.2, 0.25) is 0 Å². The second kappa shape index (κ2) is 3.91. The molecule has 0 aliphatic rings. The van der Waals surface area contributed by atoms with Crippen LogP contribution in [-0.2, 0) is 0 Å². The van der Waals surface area contributed by atoms with E-state index in [0.29, 0.717) is 6.07 Å². The van der Waals surface area contributed by atoms with Crippen molar-refractivity contribution < 1.29 is 18.8 Å². The molecule has 0 saturated carbocycles. The summed E-state index contributed by atoms with van der Waals surface area (Å²) in [7, 11) is 1.14. The second-order valence-electron chi connectivity index (χ2n) is 2.63. The van der Waals surface area contributed by atoms with Gasteiger partial charge in [-0.1, -0.05) is 0 Å². The monoisotopic (exact) mass is 214 g/mol. The molecule has 0 atom stereocenters. The topological polar surface area (TPSA) is 95.5 Å². The molecule has 15 heavy (non-hydrogen) atoms. The number of nitro groups is 1. The molecule has 0 heterocycles. The molecule has 0 saturated heterocycles. The van der Waals surface area contributed by atoms with E-state index in [2.05, 4.69) is 4.74 Å². The van der Waals surface area contributed by atoms with Gasteiger partial charge in [0.1, 0.15) is 0 Å². The van der Waals surface area contributed by atoms with Gasteiger partial charge in [-0.2, -0.15) is 0 Å². The van der Waals surface area contributed by atoms with Gasteiger partial charge in [-0.3, -0.25) is 14.9 Å². The largest absolute Gasteiger partial charge is 0.493 e. The van der Waals surface area contributed by atoms with E-state index in [-0.39, 0.29) is 5.56 Å². The predicted octanol–water partition coefficient (Wildman–Crippen LogP) is 0.841. The van der Waals surface area contributed by atoms with Crippen LogP contribution in [0, 0.1) is 15.9 Å². The minimum atomic E-state index is -1.000. The number of ether oxygens (including phenoxy) is 1. The molecule has 2 N–H and O–H groups in total. The normalized spacial score (nSPS) is 9.73. The Labute approximate surface area is 83.6 Å². The van der Waals surface area contributed by atoms with Crippen LogP contribution in [0.1, 0.15) is 10.4 Å². The minimum absolute atomic E-state index is 0.357. The van der Waals surface area contributed by atoms with Crippen molar-refractivity contribution in [2.45, 2.75) is 0 Å². The van der Waals surface area contributed by atoms with Crippen molar-refractivity contribution in [2.24, 2.45) is 5.73 Å². The van der Waals surface area contributed by atoms with Gasteiger partial charge in [0.2, 0.25) is 0 Å². The molecule has 0 aliphatic carbocycles. The highest BCUT2D eigenvalue weighted by Crippen LogP contribution is 2.27. The van der Waals surface area contributed by atoms with Crippen molar-refractivity contribution in [3.63, 3.8) is 0 Å². The average Bonchev–Trinajstić information content (AvgIpc) is 2.16. The molecule has 0 bridgehead atoms. The highest BCUT2D eigenvalue weighted by molar-refractivity contribution is 5.96. The van der Waals surface area contributed by atoms with Gasteiger partial charge in [-0.15, -0.1) is 0 Å². The van der Waals surface area contributed by atoms with E-state index in [9.17, 15) is 19.3 Å². The summed E-state index contributed by atoms with van der Waals surface area (Å²) in [5, 5.41) is 10.4. The zero-order valence-electron chi connectivity index (χ0n) is 7.69. The average molecular weight is 214 g/mol. The Balaban J connectivity index is 3.45. The Kier molecular flexibility index (Phi) is 2.84. The maximum atomic E-state index is 13.2. The van der Waals surface area contributed by atoms with Crippen LogP contribution >= 0.6 is 0 Å². The summed E-state index contributed by atoms with van der Waals surface area (Å²) >= 11 is 0. The molecule has 1 aromatic carbocycles. The maximum Gasteiger partial charge on any atom is 0.273 e. The number of carbonyl (C=O) groups excluding carboxylic acids is 1. The second-order valence-corrected chi connectivity index (χ2v) is 2.63. The van der Waals surface area contributed by atoms with Gasteiger partial charge < -0.3 is 10.5 Å². The molecule has 6 nitrogen and oxygen atoms in total. The summed E-state index contributed by atoms with van der Waals surface area (Å²) in [6, 6.07) is 1.52. The Morgan fingerprint density at radius 2 is 2.20 bits per heavy atom. The Morgan fingerprint density at radius 1 is 1.60 bits per heavy atom. The molecule has 1 amide bonds. The number of primary amides is 1. The zero-order valence-corrected chi connectivity index (χ0v) is 7.69. The van der Waals surface area contributed by atoms with Crippen molar-refractivity contribution in [3.8, 4) is 5.75 Å². The zero-order chi connectivity index (χ0) is 11.6. The lowest BCUT2D eigenvalue weighted by Gasteiger charge is -2.05. The maximum absolute atomic E-state index is 13.2. The summed E-state index contributed by atoms with van der Waals surface area (Å²) in [4.78, 5) is 20.4. The minimum Gasteiger partial charge on any atom is -0.493 e. The van der Waals surface area contributed by atoms with E-state index in [4.69, 9.17) is 5.73 Å². The Bertz CT molecular complexity index is 433. The molecule has 0 spiro atoms. The first kappa shape index (κ1) is 10.9. The lowest BCUT2D eigenvalue weighted by atomic mass is 10.1. The smallest absolute Gasteiger partial charge is 0.273 e. The number of amides is 1. The van der Waals surface area contributed by atoms with Crippen molar-refractivity contribution >= 4 is 11.6 Å². The number of non-ortho nitro benzene ring substituents is 1. The molecule has 0 radical (unpaired) electrons. The Morgan fingerprint density at radius 3 is 2.60 bits per heavy atom. The van der Waals surface area contributed by atoms with Gasteiger partial charge in [0.25, 0.3) is 11.6 Å². The number of halogens is 1. The molecular formula is C8H7FN2O4. The van der Waals surface area contributed by atoms with E-state index in [0.717, 1.165) is 13.2 Å². The third-order valence-electron chi connectivity index (χ3n) is 1.71. The molecule has 7 heteroatoms. The quantitative estimate of drug-likeness (QED) is 0.595. The fourth-order valence-corrected chi connectivity index (χ4v) is 1.08. The van der Waals surface area contributed by atoms with Crippen LogP contribution < -0.4 is 10.5 Å². The molecule has 0 aliphatic heterocycles. The predicted molar refractivity (Wildman–Crippen MR) is 48.1 cm³/mol. The molecule has 1 aromatic rings. The summed E-state index contributed by atoms with van der Waals surface area (Å²) in [5.74, 6) is -2.39. The van der Waals surface area contributed by atoms with E-state index in [1.807, 2.05) is 0 Å². The SMILES string of the molecule is COc1c(F)cc([N+](=O)[O-])cc1C(N)=O. The summed E-state index contributed by atoms with van der Waals surface area (Å²) in [5.41, 5.74) is 4.01. The summed E-state index contributed by atoms with van der Waals surface area (Å²) in [6.07, 6.45) is 0. The lowest BCUT2D eigenvalue weighted by Crippen LogP contribution is -2.13. The summed E-state index contributed by atoms with van der Waals surface area (Å²) < 4.78 is 17.8. The number of benzene rings is 1. The third-order valence-corrected chi connectivity index (χ3v) is 1.71. The number of methoxy groups -OCH3 is 1. The van der Waals surface area contributed by atoms with Crippen molar-refractivity contribution in [3.05, 3.63) is 33.6 Å². The van der Waals surface area contributed by atoms with Gasteiger partial charge in [0.05, 0.1) is 23.7 Å². The van der Waals surface area contributed by atoms with E-state index < -0.39 is 28.1 Å². The van der Waals surface area contributed by atoms with Crippen LogP contribution in [0.15, 0.2) is 12.1 Å². The number of rotatable bonds is 3. The molecule has 1 rings (SSSR count). The van der Waals surface area contributed by atoms with Gasteiger partial charge in [-0.05, 0) is 0 Å². The number of nitrogens with zero attached hydrogens (tertiary/aromatic N) is 1. The third kappa shape index (κ3) is 2.01. The van der Waals surface area contributed by atoms with Crippen molar-refractivity contribution in [1.29, 1.82) is 0 Å². The summed E-state index contributed by atoms with van der Waals surface area (Å²) in [6.45, 7) is 0. The number of nitrogens with two attached hydrogens (primary N) is 1. The molecule has 0 aromatic heterocycles. The Hall–Kier alpha value is -2.18. The molecule has 0 fully saturated rings. The lowest BCUT2D eigenvalue weighted by molar-refractivity contribution is -0.385. The van der Waals surface area contributed by atoms with Crippen LogP contribution in [0.4, 0.5) is 10.1 Å². The first-order valence-corrected chi connectivity index (χ1v) is 3.79. The molecule has 80 valence electrons. The standard InChI is InChI=1S/C8H7FN2O4/c1-15-7-5(8(10)12)2-4(11(13)14)3-6(7)9/h2-3H,1H3,(H2,10,12). The van der Waals surface area contributed by atoms with Gasteiger partial charge >= 0.3 is 0 Å². The number of hydrogen-bond acceptors (Lipinski definition) is 4. The van der Waals surface area contributed by atoms with E-state index in [1.165, 1.54) is 0 Å². The van der Waals surface area contributed by atoms with Crippen molar-refractivity contribution in [1.82, 2.24) is 0 Å². The van der Waals surface area contributed by atoms with Crippen LogP contribution in [0.3, 0.4) is 0 Å². The first-order chi connectivity index (χ1) is 6.97. The van der Waals surface area contributed by atoms with Crippen LogP contribution in [0.25, 0.3) is 0 Å². The van der Waals surface area contributed by atoms with Gasteiger partial charge in [0, 0.05) is 6.07 Å². The highest BCUT2D eigenvalue weighted by atomic mass is 19.1. The van der Waals surface area contributed by atoms with Crippen LogP contribution in [-0.4, -0.2) is 17.9 Å². The van der Waals surface area contributed by atoms with Crippen LogP contribution in [0.5, 0.6) is 5.75 Å². The first-order valence-electron chi connectivity index (χ1n) is 3.79. The van der Waals surface area contributed by atoms with Crippen molar-refractivity contribution in [2.75, 3.05) is 7.11 Å². The van der Waals surface area contributed by atoms with E-state index >= 15 is 0 Å². The fraction of sp³-hybridized carbons (Fsp3) is 0.125. The van der Waals surface area contributed by atoms with Gasteiger partial charge in [-0.25, -0.2) is 4.39 Å². The molecule has 0 unspecified atom stereocenters. The number of hydrogen-bond donors (Lipinski definition) is 1. The van der Waals surface area contributed by atoms with Gasteiger partial charge in [0.15, 0.2) is 11.6 Å². The number of nitro benzene ring substituents is 1. The fourth-order valence-electron chi connectivity index (χ4n) is 1.08.